The maximum atomic E-state index is 12.3. The molecule has 0 saturated heterocycles. The first kappa shape index (κ1) is 15.6. The SMILES string of the molecule is COc1ccc(NC(=O)NCc2ccco2)cc1OC(F)F. The second-order valence-electron chi connectivity index (χ2n) is 4.13. The molecule has 8 heteroatoms. The molecule has 2 amide bonds. The lowest BCUT2D eigenvalue weighted by molar-refractivity contribution is -0.0511. The Morgan fingerprint density at radius 2 is 2.14 bits per heavy atom. The van der Waals surface area contributed by atoms with Gasteiger partial charge in [0.05, 0.1) is 19.9 Å². The van der Waals surface area contributed by atoms with Gasteiger partial charge in [-0.2, -0.15) is 8.78 Å². The quantitative estimate of drug-likeness (QED) is 0.859. The number of benzene rings is 1. The van der Waals surface area contributed by atoms with Crippen molar-refractivity contribution in [1.29, 1.82) is 0 Å². The number of hydrogen-bond acceptors (Lipinski definition) is 4. The molecule has 1 aromatic heterocycles. The van der Waals surface area contributed by atoms with E-state index >= 15 is 0 Å². The number of carbonyl (C=O) groups excluding carboxylic acids is 1. The summed E-state index contributed by atoms with van der Waals surface area (Å²) in [6.07, 6.45) is 1.49. The van der Waals surface area contributed by atoms with E-state index < -0.39 is 12.6 Å². The molecule has 22 heavy (non-hydrogen) atoms. The number of urea groups is 1. The first-order valence-electron chi connectivity index (χ1n) is 6.28. The number of anilines is 1. The standard InChI is InChI=1S/C14H14F2N2O4/c1-20-11-5-4-9(7-12(11)22-13(15)16)18-14(19)17-8-10-3-2-6-21-10/h2-7,13H,8H2,1H3,(H2,17,18,19). The summed E-state index contributed by atoms with van der Waals surface area (Å²) in [6, 6.07) is 7.07. The molecule has 1 aromatic carbocycles. The summed E-state index contributed by atoms with van der Waals surface area (Å²) in [4.78, 5) is 11.7. The third kappa shape index (κ3) is 4.37. The van der Waals surface area contributed by atoms with Crippen LogP contribution in [0.25, 0.3) is 0 Å². The predicted molar refractivity (Wildman–Crippen MR) is 74.2 cm³/mol. The molecule has 2 rings (SSSR count). The molecule has 2 N–H and O–H groups in total. The van der Waals surface area contributed by atoms with Crippen LogP contribution in [0.3, 0.4) is 0 Å². The van der Waals surface area contributed by atoms with E-state index in [0.29, 0.717) is 5.76 Å². The fraction of sp³-hybridized carbons (Fsp3) is 0.214. The average Bonchev–Trinajstić information content (AvgIpc) is 2.98. The van der Waals surface area contributed by atoms with Gasteiger partial charge in [-0.25, -0.2) is 4.79 Å². The molecule has 1 heterocycles. The highest BCUT2D eigenvalue weighted by Crippen LogP contribution is 2.31. The van der Waals surface area contributed by atoms with Gasteiger partial charge in [0.2, 0.25) is 0 Å². The number of rotatable bonds is 6. The first-order valence-corrected chi connectivity index (χ1v) is 6.28. The minimum absolute atomic E-state index is 0.141. The van der Waals surface area contributed by atoms with E-state index in [1.165, 1.54) is 31.6 Å². The van der Waals surface area contributed by atoms with Gasteiger partial charge in [0, 0.05) is 11.8 Å². The Morgan fingerprint density at radius 1 is 1.32 bits per heavy atom. The minimum atomic E-state index is -2.99. The molecule has 0 atom stereocenters. The van der Waals surface area contributed by atoms with E-state index in [1.807, 2.05) is 0 Å². The van der Waals surface area contributed by atoms with Crippen molar-refractivity contribution >= 4 is 11.7 Å². The number of hydrogen-bond donors (Lipinski definition) is 2. The van der Waals surface area contributed by atoms with Crippen molar-refractivity contribution in [2.24, 2.45) is 0 Å². The van der Waals surface area contributed by atoms with Gasteiger partial charge in [-0.05, 0) is 24.3 Å². The Bertz CT molecular complexity index is 617. The zero-order chi connectivity index (χ0) is 15.9. The molecule has 0 spiro atoms. The molecule has 118 valence electrons. The van der Waals surface area contributed by atoms with E-state index in [4.69, 9.17) is 9.15 Å². The van der Waals surface area contributed by atoms with Crippen LogP contribution in [0.4, 0.5) is 19.3 Å². The van der Waals surface area contributed by atoms with Crippen LogP contribution in [0.2, 0.25) is 0 Å². The van der Waals surface area contributed by atoms with Crippen LogP contribution < -0.4 is 20.1 Å². The number of alkyl halides is 2. The van der Waals surface area contributed by atoms with Crippen molar-refractivity contribution in [3.05, 3.63) is 42.4 Å². The Hall–Kier alpha value is -2.77. The number of furan rings is 1. The lowest BCUT2D eigenvalue weighted by Gasteiger charge is -2.12. The van der Waals surface area contributed by atoms with Crippen molar-refractivity contribution in [2.45, 2.75) is 13.2 Å². The fourth-order valence-corrected chi connectivity index (χ4v) is 1.70. The number of methoxy groups -OCH3 is 1. The smallest absolute Gasteiger partial charge is 0.387 e. The Balaban J connectivity index is 1.97. The van der Waals surface area contributed by atoms with Crippen LogP contribution in [-0.4, -0.2) is 19.8 Å². The molecule has 0 fully saturated rings. The maximum absolute atomic E-state index is 12.3. The summed E-state index contributed by atoms with van der Waals surface area (Å²) in [5.74, 6) is 0.565. The highest BCUT2D eigenvalue weighted by molar-refractivity contribution is 5.89. The molecular weight excluding hydrogens is 298 g/mol. The number of halogens is 2. The lowest BCUT2D eigenvalue weighted by Crippen LogP contribution is -2.28. The van der Waals surface area contributed by atoms with Crippen LogP contribution >= 0.6 is 0 Å². The largest absolute Gasteiger partial charge is 0.493 e. The lowest BCUT2D eigenvalue weighted by atomic mass is 10.3. The van der Waals surface area contributed by atoms with Gasteiger partial charge in [-0.1, -0.05) is 0 Å². The topological polar surface area (TPSA) is 72.7 Å². The number of carbonyl (C=O) groups is 1. The molecule has 2 aromatic rings. The van der Waals surface area contributed by atoms with Crippen molar-refractivity contribution in [3.63, 3.8) is 0 Å². The predicted octanol–water partition coefficient (Wildman–Crippen LogP) is 3.21. The normalized spacial score (nSPS) is 10.4. The van der Waals surface area contributed by atoms with Gasteiger partial charge in [0.25, 0.3) is 0 Å². The Morgan fingerprint density at radius 3 is 2.77 bits per heavy atom. The van der Waals surface area contributed by atoms with Crippen LogP contribution in [0.15, 0.2) is 41.0 Å². The van der Waals surface area contributed by atoms with Crippen molar-refractivity contribution in [1.82, 2.24) is 5.32 Å². The molecule has 0 aliphatic rings. The molecule has 0 radical (unpaired) electrons. The summed E-state index contributed by atoms with van der Waals surface area (Å²) in [6.45, 7) is -2.79. The number of nitrogens with one attached hydrogen (secondary N) is 2. The fourth-order valence-electron chi connectivity index (χ4n) is 1.70. The van der Waals surface area contributed by atoms with E-state index in [2.05, 4.69) is 15.4 Å². The molecule has 0 saturated carbocycles. The zero-order valence-electron chi connectivity index (χ0n) is 11.6. The molecule has 0 bridgehead atoms. The molecule has 0 aliphatic heterocycles. The zero-order valence-corrected chi connectivity index (χ0v) is 11.6. The number of amides is 2. The highest BCUT2D eigenvalue weighted by atomic mass is 19.3. The summed E-state index contributed by atoms with van der Waals surface area (Å²) in [5, 5.41) is 5.06. The van der Waals surface area contributed by atoms with Gasteiger partial charge < -0.3 is 24.5 Å². The van der Waals surface area contributed by atoms with Crippen LogP contribution in [0.5, 0.6) is 11.5 Å². The van der Waals surface area contributed by atoms with Crippen LogP contribution in [0, 0.1) is 0 Å². The number of ether oxygens (including phenoxy) is 2. The monoisotopic (exact) mass is 312 g/mol. The van der Waals surface area contributed by atoms with Crippen molar-refractivity contribution < 1.29 is 27.5 Å². The maximum Gasteiger partial charge on any atom is 0.387 e. The highest BCUT2D eigenvalue weighted by Gasteiger charge is 2.12. The Labute approximate surface area is 125 Å². The first-order chi connectivity index (χ1) is 10.6. The molecule has 6 nitrogen and oxygen atoms in total. The van der Waals surface area contributed by atoms with Gasteiger partial charge in [0.1, 0.15) is 5.76 Å². The summed E-state index contributed by atoms with van der Waals surface area (Å²) >= 11 is 0. The van der Waals surface area contributed by atoms with Gasteiger partial charge in [-0.3, -0.25) is 0 Å². The molecular formula is C14H14F2N2O4. The minimum Gasteiger partial charge on any atom is -0.493 e. The summed E-state index contributed by atoms with van der Waals surface area (Å²) in [5.41, 5.74) is 0.286. The van der Waals surface area contributed by atoms with Crippen LogP contribution in [-0.2, 0) is 6.54 Å². The van der Waals surface area contributed by atoms with Crippen molar-refractivity contribution in [3.8, 4) is 11.5 Å². The van der Waals surface area contributed by atoms with Gasteiger partial charge >= 0.3 is 12.6 Å². The molecule has 0 aliphatic carbocycles. The van der Waals surface area contributed by atoms with E-state index in [-0.39, 0.29) is 23.7 Å². The van der Waals surface area contributed by atoms with Crippen LogP contribution in [0.1, 0.15) is 5.76 Å². The second kappa shape index (κ2) is 7.30. The van der Waals surface area contributed by atoms with E-state index in [0.717, 1.165) is 0 Å². The van der Waals surface area contributed by atoms with Gasteiger partial charge in [-0.15, -0.1) is 0 Å². The van der Waals surface area contributed by atoms with Gasteiger partial charge in [0.15, 0.2) is 11.5 Å². The Kier molecular flexibility index (Phi) is 5.18. The molecule has 0 unspecified atom stereocenters. The van der Waals surface area contributed by atoms with Crippen molar-refractivity contribution in [2.75, 3.05) is 12.4 Å². The summed E-state index contributed by atoms with van der Waals surface area (Å²) < 4.78 is 38.9. The van der Waals surface area contributed by atoms with E-state index in [9.17, 15) is 13.6 Å². The summed E-state index contributed by atoms with van der Waals surface area (Å²) in [7, 11) is 1.33. The second-order valence-corrected chi connectivity index (χ2v) is 4.13. The third-order valence-corrected chi connectivity index (χ3v) is 2.64. The van der Waals surface area contributed by atoms with E-state index in [1.54, 1.807) is 12.1 Å². The third-order valence-electron chi connectivity index (χ3n) is 2.64. The average molecular weight is 312 g/mol.